The van der Waals surface area contributed by atoms with Crippen LogP contribution in [0.25, 0.3) is 11.4 Å². The molecule has 2 aromatic rings. The second-order valence-electron chi connectivity index (χ2n) is 4.27. The molecule has 0 saturated carbocycles. The Morgan fingerprint density at radius 2 is 2.30 bits per heavy atom. The van der Waals surface area contributed by atoms with Crippen molar-refractivity contribution < 1.29 is 14.6 Å². The summed E-state index contributed by atoms with van der Waals surface area (Å²) >= 11 is 5.97. The normalized spacial score (nSPS) is 12.2. The lowest BCUT2D eigenvalue weighted by atomic mass is 10.1. The third-order valence-electron chi connectivity index (χ3n) is 2.80. The third kappa shape index (κ3) is 2.88. The number of tetrazole rings is 1. The van der Waals surface area contributed by atoms with Gasteiger partial charge in [0.05, 0.1) is 25.1 Å². The summed E-state index contributed by atoms with van der Waals surface area (Å²) in [5, 5.41) is 20.8. The molecule has 1 aromatic heterocycles. The molecule has 2 rings (SSSR count). The van der Waals surface area contributed by atoms with Gasteiger partial charge in [0.2, 0.25) is 0 Å². The molecule has 0 spiro atoms. The van der Waals surface area contributed by atoms with Gasteiger partial charge in [0.25, 0.3) is 0 Å². The van der Waals surface area contributed by atoms with E-state index in [9.17, 15) is 4.79 Å². The number of aromatic nitrogens is 4. The van der Waals surface area contributed by atoms with Crippen molar-refractivity contribution in [3.8, 4) is 17.1 Å². The van der Waals surface area contributed by atoms with Crippen LogP contribution in [-0.4, -0.2) is 38.4 Å². The number of benzene rings is 1. The van der Waals surface area contributed by atoms with Gasteiger partial charge in [0.15, 0.2) is 5.82 Å². The van der Waals surface area contributed by atoms with E-state index >= 15 is 0 Å². The second kappa shape index (κ2) is 5.87. The first-order valence-corrected chi connectivity index (χ1v) is 6.23. The van der Waals surface area contributed by atoms with E-state index in [1.54, 1.807) is 25.1 Å². The minimum atomic E-state index is -0.912. The maximum absolute atomic E-state index is 10.9. The van der Waals surface area contributed by atoms with E-state index in [-0.39, 0.29) is 6.54 Å². The molecule has 0 amide bonds. The Bertz CT molecular complexity index is 629. The number of hydrogen-bond acceptors (Lipinski definition) is 5. The number of hydrogen-bond donors (Lipinski definition) is 1. The van der Waals surface area contributed by atoms with E-state index in [0.717, 1.165) is 0 Å². The van der Waals surface area contributed by atoms with Crippen molar-refractivity contribution in [2.24, 2.45) is 5.92 Å². The van der Waals surface area contributed by atoms with E-state index in [4.69, 9.17) is 21.4 Å². The number of ether oxygens (including phenoxy) is 1. The van der Waals surface area contributed by atoms with Gasteiger partial charge in [-0.3, -0.25) is 4.79 Å². The van der Waals surface area contributed by atoms with Gasteiger partial charge in [-0.25, -0.2) is 4.68 Å². The molecule has 0 radical (unpaired) electrons. The van der Waals surface area contributed by atoms with E-state index < -0.39 is 11.9 Å². The average Bonchev–Trinajstić information content (AvgIpc) is 2.86. The van der Waals surface area contributed by atoms with Gasteiger partial charge in [0, 0.05) is 5.02 Å². The van der Waals surface area contributed by atoms with Crippen LogP contribution < -0.4 is 4.74 Å². The zero-order valence-corrected chi connectivity index (χ0v) is 11.7. The number of nitrogens with zero attached hydrogens (tertiary/aromatic N) is 4. The van der Waals surface area contributed by atoms with Crippen molar-refractivity contribution in [2.45, 2.75) is 13.5 Å². The van der Waals surface area contributed by atoms with Crippen LogP contribution >= 0.6 is 11.6 Å². The molecule has 0 aliphatic carbocycles. The molecule has 106 valence electrons. The van der Waals surface area contributed by atoms with Crippen molar-refractivity contribution in [1.82, 2.24) is 20.2 Å². The predicted molar refractivity (Wildman–Crippen MR) is 71.6 cm³/mol. The summed E-state index contributed by atoms with van der Waals surface area (Å²) in [6, 6.07) is 5.07. The predicted octanol–water partition coefficient (Wildman–Crippen LogP) is 1.72. The largest absolute Gasteiger partial charge is 0.496 e. The highest BCUT2D eigenvalue weighted by molar-refractivity contribution is 6.30. The molecule has 1 atom stereocenters. The molecule has 20 heavy (non-hydrogen) atoms. The lowest BCUT2D eigenvalue weighted by Gasteiger charge is -2.10. The second-order valence-corrected chi connectivity index (χ2v) is 4.70. The molecule has 0 aliphatic rings. The number of methoxy groups -OCH3 is 1. The fourth-order valence-corrected chi connectivity index (χ4v) is 1.89. The van der Waals surface area contributed by atoms with Crippen LogP contribution in [0.3, 0.4) is 0 Å². The number of carbonyl (C=O) groups is 1. The summed E-state index contributed by atoms with van der Waals surface area (Å²) < 4.78 is 6.67. The smallest absolute Gasteiger partial charge is 0.308 e. The maximum atomic E-state index is 10.9. The van der Waals surface area contributed by atoms with Gasteiger partial charge in [-0.2, -0.15) is 0 Å². The monoisotopic (exact) mass is 296 g/mol. The number of carboxylic acids is 1. The minimum Gasteiger partial charge on any atom is -0.496 e. The van der Waals surface area contributed by atoms with Crippen LogP contribution in [0.2, 0.25) is 5.02 Å². The molecule has 0 aliphatic heterocycles. The zero-order valence-electron chi connectivity index (χ0n) is 10.9. The van der Waals surface area contributed by atoms with Crippen LogP contribution in [-0.2, 0) is 11.3 Å². The van der Waals surface area contributed by atoms with Crippen molar-refractivity contribution >= 4 is 17.6 Å². The molecule has 1 N–H and O–H groups in total. The van der Waals surface area contributed by atoms with Crippen LogP contribution in [0.15, 0.2) is 18.2 Å². The number of carboxylic acid groups (broad SMARTS) is 1. The van der Waals surface area contributed by atoms with E-state index in [1.165, 1.54) is 11.8 Å². The Labute approximate surface area is 120 Å². The van der Waals surface area contributed by atoms with Crippen molar-refractivity contribution in [1.29, 1.82) is 0 Å². The minimum absolute atomic E-state index is 0.160. The Morgan fingerprint density at radius 3 is 2.95 bits per heavy atom. The summed E-state index contributed by atoms with van der Waals surface area (Å²) in [7, 11) is 1.53. The van der Waals surface area contributed by atoms with Gasteiger partial charge >= 0.3 is 5.97 Å². The van der Waals surface area contributed by atoms with Gasteiger partial charge in [-0.05, 0) is 28.6 Å². The molecule has 8 heteroatoms. The fourth-order valence-electron chi connectivity index (χ4n) is 1.71. The van der Waals surface area contributed by atoms with Crippen LogP contribution in [0.4, 0.5) is 0 Å². The van der Waals surface area contributed by atoms with Gasteiger partial charge in [-0.15, -0.1) is 5.10 Å². The van der Waals surface area contributed by atoms with E-state index in [2.05, 4.69) is 15.5 Å². The average molecular weight is 297 g/mol. The van der Waals surface area contributed by atoms with E-state index in [1.807, 2.05) is 0 Å². The van der Waals surface area contributed by atoms with Crippen molar-refractivity contribution in [3.05, 3.63) is 23.2 Å². The summed E-state index contributed by atoms with van der Waals surface area (Å²) in [5.74, 6) is -0.544. The molecular formula is C12H13ClN4O3. The molecule has 0 bridgehead atoms. The summed E-state index contributed by atoms with van der Waals surface area (Å²) in [6.07, 6.45) is 0. The topological polar surface area (TPSA) is 90.1 Å². The number of aliphatic carboxylic acids is 1. The highest BCUT2D eigenvalue weighted by Gasteiger charge is 2.19. The first-order chi connectivity index (χ1) is 9.52. The molecule has 1 heterocycles. The molecule has 7 nitrogen and oxygen atoms in total. The highest BCUT2D eigenvalue weighted by atomic mass is 35.5. The Kier molecular flexibility index (Phi) is 4.19. The molecular weight excluding hydrogens is 284 g/mol. The van der Waals surface area contributed by atoms with Crippen molar-refractivity contribution in [2.75, 3.05) is 7.11 Å². The number of rotatable bonds is 5. The van der Waals surface area contributed by atoms with Crippen molar-refractivity contribution in [3.63, 3.8) is 0 Å². The Balaban J connectivity index is 2.41. The van der Waals surface area contributed by atoms with Gasteiger partial charge < -0.3 is 9.84 Å². The number of halogens is 1. The van der Waals surface area contributed by atoms with E-state index in [0.29, 0.717) is 22.2 Å². The molecule has 1 aromatic carbocycles. The van der Waals surface area contributed by atoms with Gasteiger partial charge in [-0.1, -0.05) is 18.5 Å². The van der Waals surface area contributed by atoms with Crippen LogP contribution in [0, 0.1) is 5.92 Å². The Morgan fingerprint density at radius 1 is 1.55 bits per heavy atom. The SMILES string of the molecule is COc1ccc(Cl)cc1-c1nnnn1CC(C)C(=O)O. The fraction of sp³-hybridized carbons (Fsp3) is 0.333. The summed E-state index contributed by atoms with van der Waals surface area (Å²) in [5.41, 5.74) is 0.614. The maximum Gasteiger partial charge on any atom is 0.308 e. The highest BCUT2D eigenvalue weighted by Crippen LogP contribution is 2.30. The zero-order chi connectivity index (χ0) is 14.7. The first-order valence-electron chi connectivity index (χ1n) is 5.85. The summed E-state index contributed by atoms with van der Waals surface area (Å²) in [6.45, 7) is 1.75. The van der Waals surface area contributed by atoms with Gasteiger partial charge in [0.1, 0.15) is 5.75 Å². The molecule has 0 fully saturated rings. The van der Waals surface area contributed by atoms with Crippen LogP contribution in [0.5, 0.6) is 5.75 Å². The quantitative estimate of drug-likeness (QED) is 0.903. The standard InChI is InChI=1S/C12H13ClN4O3/c1-7(12(18)19)6-17-11(14-15-16-17)9-5-8(13)3-4-10(9)20-2/h3-5,7H,6H2,1-2H3,(H,18,19). The lowest BCUT2D eigenvalue weighted by Crippen LogP contribution is -2.18. The third-order valence-corrected chi connectivity index (χ3v) is 3.04. The lowest BCUT2D eigenvalue weighted by molar-refractivity contribution is -0.141. The molecule has 1 unspecified atom stereocenters. The summed E-state index contributed by atoms with van der Waals surface area (Å²) in [4.78, 5) is 10.9. The molecule has 0 saturated heterocycles. The van der Waals surface area contributed by atoms with Crippen LogP contribution in [0.1, 0.15) is 6.92 Å². The first kappa shape index (κ1) is 14.3. The Hall–Kier alpha value is -2.15.